The number of rotatable bonds is 5. The number of hydrogen-bond acceptors (Lipinski definition) is 3. The predicted octanol–water partition coefficient (Wildman–Crippen LogP) is 4.40. The van der Waals surface area contributed by atoms with Gasteiger partial charge in [-0.3, -0.25) is 0 Å². The van der Waals surface area contributed by atoms with Crippen LogP contribution in [0.15, 0.2) is 55.1 Å². The molecule has 0 saturated heterocycles. The first-order chi connectivity index (χ1) is 11.2. The van der Waals surface area contributed by atoms with Crippen molar-refractivity contribution >= 4 is 11.6 Å². The summed E-state index contributed by atoms with van der Waals surface area (Å²) >= 11 is 6.10. The zero-order valence-electron chi connectivity index (χ0n) is 13.0. The smallest absolute Gasteiger partial charge is 0.129 e. The molecule has 1 aromatic carbocycles. The predicted molar refractivity (Wildman–Crippen MR) is 91.1 cm³/mol. The number of aromatic nitrogens is 3. The van der Waals surface area contributed by atoms with Crippen LogP contribution in [0.2, 0.25) is 5.15 Å². The number of nitrogens with one attached hydrogen (secondary N) is 1. The Kier molecular flexibility index (Phi) is 4.63. The van der Waals surface area contributed by atoms with Crippen molar-refractivity contribution in [1.29, 1.82) is 0 Å². The highest BCUT2D eigenvalue weighted by Gasteiger charge is 2.24. The van der Waals surface area contributed by atoms with E-state index in [1.54, 1.807) is 19.6 Å². The van der Waals surface area contributed by atoms with Gasteiger partial charge in [0.25, 0.3) is 0 Å². The van der Waals surface area contributed by atoms with E-state index in [0.717, 1.165) is 17.0 Å². The second-order valence-electron chi connectivity index (χ2n) is 5.46. The van der Waals surface area contributed by atoms with Crippen LogP contribution >= 0.6 is 11.6 Å². The van der Waals surface area contributed by atoms with Crippen LogP contribution in [0, 0.1) is 0 Å². The molecule has 0 aliphatic carbocycles. The SMILES string of the molecule is COc1ccc(C(c2ccnc(Cl)c2)C(C)c2cnc[nH]2)cc1. The number of hydrogen-bond donors (Lipinski definition) is 1. The van der Waals surface area contributed by atoms with E-state index in [4.69, 9.17) is 16.3 Å². The lowest BCUT2D eigenvalue weighted by atomic mass is 9.80. The third-order valence-corrected chi connectivity index (χ3v) is 4.30. The van der Waals surface area contributed by atoms with E-state index in [0.29, 0.717) is 5.15 Å². The van der Waals surface area contributed by atoms with Gasteiger partial charge in [0.05, 0.1) is 13.4 Å². The lowest BCUT2D eigenvalue weighted by Crippen LogP contribution is -2.11. The van der Waals surface area contributed by atoms with Crippen LogP contribution in [-0.2, 0) is 0 Å². The molecule has 2 aromatic heterocycles. The van der Waals surface area contributed by atoms with Crippen molar-refractivity contribution in [3.05, 3.63) is 77.1 Å². The highest BCUT2D eigenvalue weighted by atomic mass is 35.5. The molecule has 3 aromatic rings. The van der Waals surface area contributed by atoms with Crippen LogP contribution in [0.3, 0.4) is 0 Å². The molecule has 118 valence electrons. The van der Waals surface area contributed by atoms with Crippen LogP contribution in [-0.4, -0.2) is 22.1 Å². The van der Waals surface area contributed by atoms with Crippen molar-refractivity contribution in [3.63, 3.8) is 0 Å². The summed E-state index contributed by atoms with van der Waals surface area (Å²) in [7, 11) is 1.67. The number of nitrogens with zero attached hydrogens (tertiary/aromatic N) is 2. The summed E-state index contributed by atoms with van der Waals surface area (Å²) in [6.07, 6.45) is 5.31. The lowest BCUT2D eigenvalue weighted by molar-refractivity contribution is 0.414. The van der Waals surface area contributed by atoms with Crippen molar-refractivity contribution in [3.8, 4) is 5.75 Å². The van der Waals surface area contributed by atoms with Gasteiger partial charge in [0.15, 0.2) is 0 Å². The first-order valence-electron chi connectivity index (χ1n) is 7.42. The van der Waals surface area contributed by atoms with E-state index in [1.807, 2.05) is 30.5 Å². The van der Waals surface area contributed by atoms with Crippen LogP contribution in [0.4, 0.5) is 0 Å². The second-order valence-corrected chi connectivity index (χ2v) is 5.85. The maximum absolute atomic E-state index is 6.10. The van der Waals surface area contributed by atoms with E-state index < -0.39 is 0 Å². The number of H-pyrrole nitrogens is 1. The summed E-state index contributed by atoms with van der Waals surface area (Å²) in [6, 6.07) is 12.1. The molecular weight excluding hydrogens is 310 g/mol. The summed E-state index contributed by atoms with van der Waals surface area (Å²) in [4.78, 5) is 11.4. The summed E-state index contributed by atoms with van der Waals surface area (Å²) < 4.78 is 5.26. The highest BCUT2D eigenvalue weighted by Crippen LogP contribution is 2.38. The number of benzene rings is 1. The molecule has 2 heterocycles. The summed E-state index contributed by atoms with van der Waals surface area (Å²) in [5.41, 5.74) is 3.39. The van der Waals surface area contributed by atoms with Gasteiger partial charge in [-0.25, -0.2) is 9.97 Å². The Morgan fingerprint density at radius 1 is 1.13 bits per heavy atom. The van der Waals surface area contributed by atoms with Gasteiger partial charge >= 0.3 is 0 Å². The minimum atomic E-state index is 0.141. The Morgan fingerprint density at radius 2 is 1.91 bits per heavy atom. The summed E-state index contributed by atoms with van der Waals surface area (Å²) in [6.45, 7) is 2.18. The normalized spacial score (nSPS) is 13.5. The Labute approximate surface area is 140 Å². The Morgan fingerprint density at radius 3 is 2.52 bits per heavy atom. The van der Waals surface area contributed by atoms with E-state index in [2.05, 4.69) is 34.0 Å². The molecule has 1 N–H and O–H groups in total. The molecule has 0 amide bonds. The van der Waals surface area contributed by atoms with Crippen molar-refractivity contribution in [2.45, 2.75) is 18.8 Å². The maximum Gasteiger partial charge on any atom is 0.129 e. The topological polar surface area (TPSA) is 50.8 Å². The molecule has 2 unspecified atom stereocenters. The van der Waals surface area contributed by atoms with Crippen LogP contribution in [0.5, 0.6) is 5.75 Å². The van der Waals surface area contributed by atoms with E-state index in [-0.39, 0.29) is 11.8 Å². The number of halogens is 1. The molecule has 3 rings (SSSR count). The van der Waals surface area contributed by atoms with Crippen LogP contribution in [0.25, 0.3) is 0 Å². The second kappa shape index (κ2) is 6.84. The summed E-state index contributed by atoms with van der Waals surface area (Å²) in [5, 5.41) is 0.498. The van der Waals surface area contributed by atoms with Gasteiger partial charge < -0.3 is 9.72 Å². The van der Waals surface area contributed by atoms with Crippen molar-refractivity contribution in [2.75, 3.05) is 7.11 Å². The summed E-state index contributed by atoms with van der Waals surface area (Å²) in [5.74, 6) is 1.20. The minimum Gasteiger partial charge on any atom is -0.497 e. The Bertz CT molecular complexity index is 756. The molecule has 4 nitrogen and oxygen atoms in total. The number of pyridine rings is 1. The van der Waals surface area contributed by atoms with E-state index in [1.165, 1.54) is 5.56 Å². The molecular formula is C18H18ClN3O. The molecule has 0 bridgehead atoms. The molecule has 0 spiro atoms. The molecule has 0 saturated carbocycles. The average Bonchev–Trinajstić information content (AvgIpc) is 3.10. The molecule has 0 aliphatic rings. The Balaban J connectivity index is 2.05. The van der Waals surface area contributed by atoms with Crippen LogP contribution < -0.4 is 4.74 Å². The molecule has 0 aliphatic heterocycles. The molecule has 5 heteroatoms. The number of aromatic amines is 1. The molecule has 0 radical (unpaired) electrons. The van der Waals surface area contributed by atoms with Crippen molar-refractivity contribution < 1.29 is 4.74 Å². The first-order valence-corrected chi connectivity index (χ1v) is 7.80. The van der Waals surface area contributed by atoms with E-state index >= 15 is 0 Å². The maximum atomic E-state index is 6.10. The minimum absolute atomic E-state index is 0.141. The fourth-order valence-electron chi connectivity index (χ4n) is 2.89. The average molecular weight is 328 g/mol. The van der Waals surface area contributed by atoms with Crippen LogP contribution in [0.1, 0.15) is 35.6 Å². The van der Waals surface area contributed by atoms with Gasteiger partial charge in [-0.1, -0.05) is 30.7 Å². The molecule has 2 atom stereocenters. The monoisotopic (exact) mass is 327 g/mol. The number of methoxy groups -OCH3 is 1. The number of imidazole rings is 1. The zero-order valence-corrected chi connectivity index (χ0v) is 13.8. The first kappa shape index (κ1) is 15.6. The van der Waals surface area contributed by atoms with Gasteiger partial charge in [0.2, 0.25) is 0 Å². The lowest BCUT2D eigenvalue weighted by Gasteiger charge is -2.24. The standard InChI is InChI=1S/C18H18ClN3O/c1-12(16-10-20-11-22-16)18(14-7-8-21-17(19)9-14)13-3-5-15(23-2)6-4-13/h3-12,18H,1-2H3,(H,20,22). The van der Waals surface area contributed by atoms with Crippen molar-refractivity contribution in [2.24, 2.45) is 0 Å². The molecule has 23 heavy (non-hydrogen) atoms. The van der Waals surface area contributed by atoms with Crippen molar-refractivity contribution in [1.82, 2.24) is 15.0 Å². The zero-order chi connectivity index (χ0) is 16.2. The largest absolute Gasteiger partial charge is 0.497 e. The molecule has 0 fully saturated rings. The van der Waals surface area contributed by atoms with Gasteiger partial charge in [-0.05, 0) is 35.4 Å². The van der Waals surface area contributed by atoms with Gasteiger partial charge in [-0.2, -0.15) is 0 Å². The third kappa shape index (κ3) is 3.37. The fraction of sp³-hybridized carbons (Fsp3) is 0.222. The highest BCUT2D eigenvalue weighted by molar-refractivity contribution is 6.29. The Hall–Kier alpha value is -2.33. The fourth-order valence-corrected chi connectivity index (χ4v) is 3.07. The van der Waals surface area contributed by atoms with E-state index in [9.17, 15) is 0 Å². The van der Waals surface area contributed by atoms with Gasteiger partial charge in [0, 0.05) is 29.9 Å². The van der Waals surface area contributed by atoms with Gasteiger partial charge in [-0.15, -0.1) is 0 Å². The number of ether oxygens (including phenoxy) is 1. The quantitative estimate of drug-likeness (QED) is 0.706. The van der Waals surface area contributed by atoms with Gasteiger partial charge in [0.1, 0.15) is 10.9 Å². The third-order valence-electron chi connectivity index (χ3n) is 4.09.